The van der Waals surface area contributed by atoms with Gasteiger partial charge in [-0.3, -0.25) is 9.78 Å². The van der Waals surface area contributed by atoms with E-state index in [9.17, 15) is 4.79 Å². The molecule has 2 heterocycles. The highest BCUT2D eigenvalue weighted by molar-refractivity contribution is 5.75. The lowest BCUT2D eigenvalue weighted by Crippen LogP contribution is -2.46. The van der Waals surface area contributed by atoms with Crippen molar-refractivity contribution in [1.29, 1.82) is 0 Å². The molecular formula is C30H30N4O3. The van der Waals surface area contributed by atoms with Crippen LogP contribution in [0.25, 0.3) is 34.0 Å². The number of pyridine rings is 1. The smallest absolute Gasteiger partial charge is 0.306 e. The third kappa shape index (κ3) is 4.55. The highest BCUT2D eigenvalue weighted by Crippen LogP contribution is 2.37. The first-order valence-electron chi connectivity index (χ1n) is 12.9. The Bertz CT molecular complexity index is 1430. The summed E-state index contributed by atoms with van der Waals surface area (Å²) in [4.78, 5) is 20.0. The third-order valence-corrected chi connectivity index (χ3v) is 7.81. The predicted molar refractivity (Wildman–Crippen MR) is 141 cm³/mol. The summed E-state index contributed by atoms with van der Waals surface area (Å²) in [5.41, 5.74) is 9.10. The molecule has 2 N–H and O–H groups in total. The number of nitrogens with zero attached hydrogens (tertiary/aromatic N) is 3. The second kappa shape index (κ2) is 9.56. The number of aliphatic carboxylic acids is 1. The van der Waals surface area contributed by atoms with E-state index in [1.807, 2.05) is 24.5 Å². The Morgan fingerprint density at radius 1 is 1.00 bits per heavy atom. The van der Waals surface area contributed by atoms with E-state index in [0.29, 0.717) is 24.6 Å². The standard InChI is InChI=1S/C30H30N4O3/c1-17-12-22(13-18(2)27(17)19-8-10-31-11-9-19)29-33-28(34-37-29)21-6-7-25-20(14-21)4-3-5-26(25)32-24-15-23(16-24)30(35)36/h6-14,23-24,26,32H,3-5,15-16H2,1-2H3,(H,35,36). The molecule has 37 heavy (non-hydrogen) atoms. The summed E-state index contributed by atoms with van der Waals surface area (Å²) in [6, 6.07) is 15.2. The van der Waals surface area contributed by atoms with Gasteiger partial charge in [0.05, 0.1) is 5.92 Å². The fraction of sp³-hybridized carbons (Fsp3) is 0.333. The van der Waals surface area contributed by atoms with Gasteiger partial charge in [-0.2, -0.15) is 4.98 Å². The van der Waals surface area contributed by atoms with Gasteiger partial charge >= 0.3 is 5.97 Å². The van der Waals surface area contributed by atoms with Crippen LogP contribution in [0, 0.1) is 19.8 Å². The van der Waals surface area contributed by atoms with E-state index in [1.165, 1.54) is 16.7 Å². The maximum atomic E-state index is 11.1. The normalized spacial score (nSPS) is 20.8. The van der Waals surface area contributed by atoms with Gasteiger partial charge in [-0.05, 0) is 110 Å². The van der Waals surface area contributed by atoms with E-state index in [2.05, 4.69) is 59.6 Å². The van der Waals surface area contributed by atoms with E-state index in [1.54, 1.807) is 0 Å². The average molecular weight is 495 g/mol. The highest BCUT2D eigenvalue weighted by Gasteiger charge is 2.36. The van der Waals surface area contributed by atoms with Crippen LogP contribution in [0.15, 0.2) is 59.4 Å². The van der Waals surface area contributed by atoms with Gasteiger partial charge in [0.25, 0.3) is 5.89 Å². The molecule has 1 saturated carbocycles. The summed E-state index contributed by atoms with van der Waals surface area (Å²) < 4.78 is 5.70. The van der Waals surface area contributed by atoms with Crippen LogP contribution in [0.2, 0.25) is 0 Å². The number of hydrogen-bond acceptors (Lipinski definition) is 6. The molecule has 0 bridgehead atoms. The van der Waals surface area contributed by atoms with Crippen LogP contribution in [0.3, 0.4) is 0 Å². The average Bonchev–Trinajstić information content (AvgIpc) is 3.36. The number of carbonyl (C=O) groups is 1. The van der Waals surface area contributed by atoms with Gasteiger partial charge in [-0.15, -0.1) is 0 Å². The first-order valence-corrected chi connectivity index (χ1v) is 12.9. The van der Waals surface area contributed by atoms with Gasteiger partial charge in [-0.25, -0.2) is 0 Å². The lowest BCUT2D eigenvalue weighted by Gasteiger charge is -2.38. The molecule has 2 aromatic carbocycles. The molecule has 2 aliphatic carbocycles. The highest BCUT2D eigenvalue weighted by atomic mass is 16.5. The summed E-state index contributed by atoms with van der Waals surface area (Å²) >= 11 is 0. The van der Waals surface area contributed by atoms with Crippen molar-refractivity contribution in [2.75, 3.05) is 0 Å². The molecule has 4 aromatic rings. The van der Waals surface area contributed by atoms with Crippen LogP contribution < -0.4 is 5.32 Å². The molecular weight excluding hydrogens is 464 g/mol. The van der Waals surface area contributed by atoms with E-state index in [0.717, 1.165) is 47.1 Å². The van der Waals surface area contributed by atoms with Crippen molar-refractivity contribution in [2.45, 2.75) is 58.0 Å². The number of aromatic nitrogens is 3. The Kier molecular flexibility index (Phi) is 6.08. The van der Waals surface area contributed by atoms with Crippen LogP contribution in [-0.4, -0.2) is 32.2 Å². The first kappa shape index (κ1) is 23.6. The summed E-state index contributed by atoms with van der Waals surface area (Å²) in [7, 11) is 0. The number of hydrogen-bond donors (Lipinski definition) is 2. The van der Waals surface area contributed by atoms with Crippen molar-refractivity contribution in [3.05, 3.63) is 77.1 Å². The number of nitrogens with one attached hydrogen (secondary N) is 1. The Hall–Kier alpha value is -3.84. The minimum Gasteiger partial charge on any atom is -0.481 e. The fourth-order valence-corrected chi connectivity index (χ4v) is 5.89. The van der Waals surface area contributed by atoms with Gasteiger partial charge in [0.1, 0.15) is 0 Å². The number of carboxylic acid groups (broad SMARTS) is 1. The lowest BCUT2D eigenvalue weighted by molar-refractivity contribution is -0.145. The van der Waals surface area contributed by atoms with Crippen LogP contribution in [-0.2, 0) is 11.2 Å². The summed E-state index contributed by atoms with van der Waals surface area (Å²) in [6.45, 7) is 4.20. The van der Waals surface area contributed by atoms with Crippen molar-refractivity contribution in [1.82, 2.24) is 20.4 Å². The molecule has 2 aromatic heterocycles. The van der Waals surface area contributed by atoms with Crippen molar-refractivity contribution >= 4 is 5.97 Å². The molecule has 0 amide bonds. The topological polar surface area (TPSA) is 101 Å². The molecule has 0 radical (unpaired) electrons. The zero-order valence-electron chi connectivity index (χ0n) is 21.1. The Balaban J connectivity index is 1.22. The fourth-order valence-electron chi connectivity index (χ4n) is 5.89. The predicted octanol–water partition coefficient (Wildman–Crippen LogP) is 5.91. The summed E-state index contributed by atoms with van der Waals surface area (Å²) in [6.07, 6.45) is 8.24. The summed E-state index contributed by atoms with van der Waals surface area (Å²) in [5, 5.41) is 17.2. The number of carboxylic acids is 1. The molecule has 1 atom stereocenters. The SMILES string of the molecule is Cc1cc(-c2nc(-c3ccc4c(c3)CCCC4NC3CC(C(=O)O)C3)no2)cc(C)c1-c1ccncc1. The molecule has 0 spiro atoms. The number of benzene rings is 2. The van der Waals surface area contributed by atoms with Crippen molar-refractivity contribution < 1.29 is 14.4 Å². The minimum atomic E-state index is -0.679. The van der Waals surface area contributed by atoms with Gasteiger partial charge in [0.2, 0.25) is 5.82 Å². The number of aryl methyl sites for hydroxylation is 3. The number of fused-ring (bicyclic) bond motifs is 1. The zero-order chi connectivity index (χ0) is 25.5. The second-order valence-corrected chi connectivity index (χ2v) is 10.4. The Morgan fingerprint density at radius 3 is 2.49 bits per heavy atom. The lowest BCUT2D eigenvalue weighted by atomic mass is 9.78. The monoisotopic (exact) mass is 494 g/mol. The van der Waals surface area contributed by atoms with E-state index < -0.39 is 5.97 Å². The maximum absolute atomic E-state index is 11.1. The molecule has 0 saturated heterocycles. The van der Waals surface area contributed by atoms with Gasteiger partial charge < -0.3 is 14.9 Å². The molecule has 7 nitrogen and oxygen atoms in total. The second-order valence-electron chi connectivity index (χ2n) is 10.4. The van der Waals surface area contributed by atoms with Crippen LogP contribution >= 0.6 is 0 Å². The molecule has 2 aliphatic rings. The molecule has 1 unspecified atom stereocenters. The largest absolute Gasteiger partial charge is 0.481 e. The van der Waals surface area contributed by atoms with E-state index in [-0.39, 0.29) is 18.0 Å². The third-order valence-electron chi connectivity index (χ3n) is 7.81. The molecule has 1 fully saturated rings. The van der Waals surface area contributed by atoms with Crippen molar-refractivity contribution in [3.8, 4) is 34.0 Å². The van der Waals surface area contributed by atoms with Gasteiger partial charge in [0.15, 0.2) is 0 Å². The van der Waals surface area contributed by atoms with Crippen LogP contribution in [0.4, 0.5) is 0 Å². The molecule has 188 valence electrons. The first-order chi connectivity index (χ1) is 18.0. The van der Waals surface area contributed by atoms with Crippen molar-refractivity contribution in [2.24, 2.45) is 5.92 Å². The van der Waals surface area contributed by atoms with E-state index in [4.69, 9.17) is 14.6 Å². The minimum absolute atomic E-state index is 0.199. The van der Waals surface area contributed by atoms with Gasteiger partial charge in [-0.1, -0.05) is 17.3 Å². The maximum Gasteiger partial charge on any atom is 0.306 e. The van der Waals surface area contributed by atoms with Crippen LogP contribution in [0.5, 0.6) is 0 Å². The van der Waals surface area contributed by atoms with Gasteiger partial charge in [0, 0.05) is 35.6 Å². The Labute approximate surface area is 216 Å². The van der Waals surface area contributed by atoms with Crippen LogP contribution in [0.1, 0.15) is 54.0 Å². The molecule has 7 heteroatoms. The Morgan fingerprint density at radius 2 is 1.76 bits per heavy atom. The molecule has 0 aliphatic heterocycles. The summed E-state index contributed by atoms with van der Waals surface area (Å²) in [5.74, 6) is 0.221. The zero-order valence-corrected chi connectivity index (χ0v) is 21.1. The van der Waals surface area contributed by atoms with E-state index >= 15 is 0 Å². The van der Waals surface area contributed by atoms with Crippen molar-refractivity contribution in [3.63, 3.8) is 0 Å². The molecule has 6 rings (SSSR count). The quantitative estimate of drug-likeness (QED) is 0.343. The number of rotatable bonds is 6.